The first kappa shape index (κ1) is 36.4. The topological polar surface area (TPSA) is 126 Å². The molecule has 14 atom stereocenters. The van der Waals surface area contributed by atoms with Gasteiger partial charge in [-0.2, -0.15) is 0 Å². The molecule has 4 N–H and O–H groups in total. The van der Waals surface area contributed by atoms with Gasteiger partial charge in [0.15, 0.2) is 5.78 Å². The van der Waals surface area contributed by atoms with Gasteiger partial charge >= 0.3 is 0 Å². The highest BCUT2D eigenvalue weighted by atomic mass is 16.5. The van der Waals surface area contributed by atoms with E-state index in [4.69, 9.17) is 14.2 Å². The minimum absolute atomic E-state index is 0.0385. The Kier molecular flexibility index (Phi) is 10.6. The molecule has 3 saturated carbocycles. The Morgan fingerprint density at radius 2 is 1.76 bits per heavy atom. The Labute approximate surface area is 277 Å². The number of aliphatic hydroxyl groups excluding tert-OH is 2. The van der Waals surface area contributed by atoms with E-state index in [9.17, 15) is 25.2 Å². The molecule has 5 aliphatic rings. The maximum atomic E-state index is 13.9. The van der Waals surface area contributed by atoms with Crippen LogP contribution in [0.4, 0.5) is 0 Å². The summed E-state index contributed by atoms with van der Waals surface area (Å²) in [5.74, 6) is 0.342. The van der Waals surface area contributed by atoms with E-state index in [1.54, 1.807) is 20.1 Å². The molecule has 8 nitrogen and oxygen atoms in total. The summed E-state index contributed by atoms with van der Waals surface area (Å²) in [7, 11) is 1.78. The van der Waals surface area contributed by atoms with Crippen molar-refractivity contribution in [2.45, 2.75) is 154 Å². The smallest absolute Gasteiger partial charge is 0.159 e. The number of allylic oxidation sites excluding steroid dienone is 1. The zero-order chi connectivity index (χ0) is 33.8. The third-order valence-corrected chi connectivity index (χ3v) is 14.3. The summed E-state index contributed by atoms with van der Waals surface area (Å²) < 4.78 is 18.2. The SMILES string of the molecule is COC(CCOC1CCC2(C)C(C1)C(=O)C=C1C2CCC2(C)C(C(C)(O)C(O)C3OC(CO)C(C)C3C)CCC12O)CCC(C)C. The molecule has 0 radical (unpaired) electrons. The van der Waals surface area contributed by atoms with Crippen LogP contribution in [0.1, 0.15) is 113 Å². The summed E-state index contributed by atoms with van der Waals surface area (Å²) in [5.41, 5.74) is -2.85. The van der Waals surface area contributed by atoms with Crippen molar-refractivity contribution >= 4 is 5.78 Å². The third kappa shape index (κ3) is 5.98. The van der Waals surface area contributed by atoms with E-state index in [0.29, 0.717) is 38.2 Å². The van der Waals surface area contributed by atoms with Gasteiger partial charge in [-0.3, -0.25) is 4.79 Å². The number of aliphatic hydroxyl groups is 4. The van der Waals surface area contributed by atoms with E-state index in [0.717, 1.165) is 44.1 Å². The van der Waals surface area contributed by atoms with Crippen LogP contribution in [0.2, 0.25) is 0 Å². The molecule has 0 spiro atoms. The predicted molar refractivity (Wildman–Crippen MR) is 177 cm³/mol. The number of fused-ring (bicyclic) bond motifs is 5. The molecule has 4 fully saturated rings. The van der Waals surface area contributed by atoms with Gasteiger partial charge in [-0.25, -0.2) is 0 Å². The number of ketones is 1. The van der Waals surface area contributed by atoms with Gasteiger partial charge in [-0.1, -0.05) is 41.5 Å². The summed E-state index contributed by atoms with van der Waals surface area (Å²) in [4.78, 5) is 13.9. The van der Waals surface area contributed by atoms with Crippen molar-refractivity contribution in [3.63, 3.8) is 0 Å². The van der Waals surface area contributed by atoms with Gasteiger partial charge in [0, 0.05) is 25.0 Å². The summed E-state index contributed by atoms with van der Waals surface area (Å²) in [6.07, 6.45) is 7.94. The van der Waals surface area contributed by atoms with Crippen molar-refractivity contribution in [1.82, 2.24) is 0 Å². The van der Waals surface area contributed by atoms with Crippen molar-refractivity contribution in [3.05, 3.63) is 11.6 Å². The average molecular weight is 649 g/mol. The van der Waals surface area contributed by atoms with Crippen LogP contribution < -0.4 is 0 Å². The maximum Gasteiger partial charge on any atom is 0.159 e. The van der Waals surface area contributed by atoms with Crippen LogP contribution in [-0.4, -0.2) is 88.3 Å². The first-order chi connectivity index (χ1) is 21.5. The van der Waals surface area contributed by atoms with Crippen LogP contribution in [0.3, 0.4) is 0 Å². The van der Waals surface area contributed by atoms with Gasteiger partial charge < -0.3 is 34.6 Å². The fraction of sp³-hybridized carbons (Fsp3) is 0.921. The van der Waals surface area contributed by atoms with E-state index in [1.807, 2.05) is 13.8 Å². The normalized spacial score (nSPS) is 45.1. The molecule has 1 heterocycles. The second kappa shape index (κ2) is 13.4. The maximum absolute atomic E-state index is 13.9. The number of methoxy groups -OCH3 is 1. The number of hydrogen-bond acceptors (Lipinski definition) is 8. The molecule has 8 heteroatoms. The number of carbonyl (C=O) groups excluding carboxylic acids is 1. The highest BCUT2D eigenvalue weighted by Gasteiger charge is 2.69. The standard InChI is InChI=1S/C38H64O8/c1-22(2)9-10-25(44-8)14-18-45-26-11-15-35(5)27-12-16-36(6)32(13-17-38(36,43)28(27)20-30(40)29(35)19-26)37(7,42)34(41)33-24(4)23(3)31(21-39)46-33/h20,22-27,29,31-34,39,41-43H,9-19,21H2,1-8H3. The Morgan fingerprint density at radius 3 is 2.39 bits per heavy atom. The summed E-state index contributed by atoms with van der Waals surface area (Å²) in [6, 6.07) is 0. The van der Waals surface area contributed by atoms with Crippen molar-refractivity contribution in [3.8, 4) is 0 Å². The first-order valence-electron chi connectivity index (χ1n) is 18.3. The molecule has 1 aliphatic heterocycles. The molecule has 0 aromatic rings. The van der Waals surface area contributed by atoms with E-state index < -0.39 is 28.8 Å². The third-order valence-electron chi connectivity index (χ3n) is 14.3. The van der Waals surface area contributed by atoms with Gasteiger partial charge in [0.2, 0.25) is 0 Å². The lowest BCUT2D eigenvalue weighted by atomic mass is 9.46. The Hall–Kier alpha value is -0.870. The molecule has 0 bridgehead atoms. The number of hydrogen-bond donors (Lipinski definition) is 4. The van der Waals surface area contributed by atoms with Gasteiger partial charge in [-0.15, -0.1) is 0 Å². The molecule has 14 unspecified atom stereocenters. The molecule has 0 amide bonds. The lowest BCUT2D eigenvalue weighted by Crippen LogP contribution is -2.63. The largest absolute Gasteiger partial charge is 0.394 e. The molecule has 264 valence electrons. The van der Waals surface area contributed by atoms with Crippen LogP contribution in [-0.2, 0) is 19.0 Å². The molecule has 5 rings (SSSR count). The van der Waals surface area contributed by atoms with Crippen LogP contribution >= 0.6 is 0 Å². The number of carbonyl (C=O) groups is 1. The molecule has 0 aromatic heterocycles. The minimum atomic E-state index is -1.52. The second-order valence-corrected chi connectivity index (χ2v) is 17.1. The molecular weight excluding hydrogens is 584 g/mol. The highest BCUT2D eigenvalue weighted by molar-refractivity contribution is 5.95. The highest BCUT2D eigenvalue weighted by Crippen LogP contribution is 2.68. The second-order valence-electron chi connectivity index (χ2n) is 17.1. The van der Waals surface area contributed by atoms with Gasteiger partial charge in [0.1, 0.15) is 6.10 Å². The fourth-order valence-electron chi connectivity index (χ4n) is 10.9. The van der Waals surface area contributed by atoms with Gasteiger partial charge in [-0.05, 0) is 118 Å². The molecular formula is C38H64O8. The summed E-state index contributed by atoms with van der Waals surface area (Å²) in [6.45, 7) is 15.0. The predicted octanol–water partition coefficient (Wildman–Crippen LogP) is 5.23. The fourth-order valence-corrected chi connectivity index (χ4v) is 10.9. The van der Waals surface area contributed by atoms with Crippen LogP contribution in [0.25, 0.3) is 0 Å². The minimum Gasteiger partial charge on any atom is -0.394 e. The summed E-state index contributed by atoms with van der Waals surface area (Å²) >= 11 is 0. The number of rotatable bonds is 12. The number of ether oxygens (including phenoxy) is 3. The monoisotopic (exact) mass is 648 g/mol. The van der Waals surface area contributed by atoms with Gasteiger partial charge in [0.25, 0.3) is 0 Å². The van der Waals surface area contributed by atoms with Crippen LogP contribution in [0, 0.1) is 46.3 Å². The average Bonchev–Trinajstić information content (AvgIpc) is 3.46. The molecule has 46 heavy (non-hydrogen) atoms. The van der Waals surface area contributed by atoms with Crippen LogP contribution in [0.15, 0.2) is 11.6 Å². The lowest BCUT2D eigenvalue weighted by molar-refractivity contribution is -0.197. The Morgan fingerprint density at radius 1 is 1.04 bits per heavy atom. The van der Waals surface area contributed by atoms with E-state index in [1.165, 1.54) is 0 Å². The summed E-state index contributed by atoms with van der Waals surface area (Å²) in [5, 5.41) is 46.2. The lowest BCUT2D eigenvalue weighted by Gasteiger charge is -2.60. The van der Waals surface area contributed by atoms with Crippen molar-refractivity contribution in [2.24, 2.45) is 46.3 Å². The molecule has 1 saturated heterocycles. The Balaban J connectivity index is 1.30. The quantitative estimate of drug-likeness (QED) is 0.227. The molecule has 4 aliphatic carbocycles. The zero-order valence-corrected chi connectivity index (χ0v) is 29.8. The van der Waals surface area contributed by atoms with Crippen molar-refractivity contribution < 1.29 is 39.4 Å². The van der Waals surface area contributed by atoms with Crippen LogP contribution in [0.5, 0.6) is 0 Å². The van der Waals surface area contributed by atoms with Crippen molar-refractivity contribution in [2.75, 3.05) is 20.3 Å². The zero-order valence-electron chi connectivity index (χ0n) is 29.8. The van der Waals surface area contributed by atoms with E-state index >= 15 is 0 Å². The van der Waals surface area contributed by atoms with E-state index in [2.05, 4.69) is 27.7 Å². The Bertz CT molecular complexity index is 1120. The van der Waals surface area contributed by atoms with Gasteiger partial charge in [0.05, 0.1) is 42.2 Å². The first-order valence-corrected chi connectivity index (χ1v) is 18.3. The van der Waals surface area contributed by atoms with E-state index in [-0.39, 0.29) is 65.7 Å². The molecule has 0 aromatic carbocycles. The van der Waals surface area contributed by atoms with Crippen molar-refractivity contribution in [1.29, 1.82) is 0 Å².